The van der Waals surface area contributed by atoms with Crippen LogP contribution in [0, 0.1) is 11.6 Å². The van der Waals surface area contributed by atoms with Gasteiger partial charge in [0.25, 0.3) is 5.91 Å². The molecule has 3 aromatic rings. The Balaban J connectivity index is 1.67. The van der Waals surface area contributed by atoms with Crippen LogP contribution < -0.4 is 10.6 Å². The number of anilines is 2. The van der Waals surface area contributed by atoms with Crippen molar-refractivity contribution in [2.45, 2.75) is 6.54 Å². The number of halogens is 2. The summed E-state index contributed by atoms with van der Waals surface area (Å²) in [5.41, 5.74) is 1.83. The van der Waals surface area contributed by atoms with Gasteiger partial charge in [-0.15, -0.1) is 0 Å². The molecule has 1 amide bonds. The zero-order valence-electron chi connectivity index (χ0n) is 13.2. The molecule has 0 fully saturated rings. The van der Waals surface area contributed by atoms with Crippen molar-refractivity contribution < 1.29 is 13.6 Å². The third kappa shape index (κ3) is 4.38. The molecule has 0 aliphatic carbocycles. The Bertz CT molecular complexity index is 882. The molecule has 6 heteroatoms. The number of carbonyl (C=O) groups is 1. The molecule has 126 valence electrons. The summed E-state index contributed by atoms with van der Waals surface area (Å²) in [6, 6.07) is 15.3. The molecular formula is C19H15F2N3O. The van der Waals surface area contributed by atoms with E-state index < -0.39 is 0 Å². The number of para-hydroxylation sites is 1. The number of hydrogen-bond donors (Lipinski definition) is 2. The molecule has 3 rings (SSSR count). The quantitative estimate of drug-likeness (QED) is 0.738. The zero-order chi connectivity index (χ0) is 17.6. The van der Waals surface area contributed by atoms with Gasteiger partial charge in [0.05, 0.1) is 5.69 Å². The fourth-order valence-corrected chi connectivity index (χ4v) is 2.23. The number of rotatable bonds is 5. The third-order valence-corrected chi connectivity index (χ3v) is 3.51. The molecule has 0 saturated carbocycles. The van der Waals surface area contributed by atoms with Gasteiger partial charge in [-0.2, -0.15) is 0 Å². The van der Waals surface area contributed by atoms with Crippen molar-refractivity contribution in [1.29, 1.82) is 0 Å². The molecule has 25 heavy (non-hydrogen) atoms. The Hall–Kier alpha value is -3.28. The first-order valence-electron chi connectivity index (χ1n) is 7.62. The Morgan fingerprint density at radius 1 is 1.00 bits per heavy atom. The topological polar surface area (TPSA) is 54.0 Å². The van der Waals surface area contributed by atoms with Gasteiger partial charge < -0.3 is 10.6 Å². The van der Waals surface area contributed by atoms with Crippen molar-refractivity contribution in [2.24, 2.45) is 0 Å². The highest BCUT2D eigenvalue weighted by Crippen LogP contribution is 2.19. The van der Waals surface area contributed by atoms with Crippen LogP contribution in [0.4, 0.5) is 20.2 Å². The van der Waals surface area contributed by atoms with Gasteiger partial charge in [-0.25, -0.2) is 8.78 Å². The third-order valence-electron chi connectivity index (χ3n) is 3.51. The molecule has 0 atom stereocenters. The van der Waals surface area contributed by atoms with E-state index in [4.69, 9.17) is 0 Å². The molecule has 1 heterocycles. The molecule has 0 radical (unpaired) electrons. The predicted octanol–water partition coefficient (Wildman–Crippen LogP) is 4.03. The first kappa shape index (κ1) is 16.6. The fraction of sp³-hybridized carbons (Fsp3) is 0.0526. The largest absolute Gasteiger partial charge is 0.353 e. The number of benzene rings is 2. The number of pyridine rings is 1. The standard InChI is InChI=1S/C19H15F2N3O/c20-14-7-5-13(6-8-14)12-23-19(25)18-11-15(9-10-22-18)24-17-4-2-1-3-16(17)21/h1-11H,12H2,(H,22,24)(H,23,25). The lowest BCUT2D eigenvalue weighted by Crippen LogP contribution is -2.23. The van der Waals surface area contributed by atoms with Gasteiger partial charge >= 0.3 is 0 Å². The van der Waals surface area contributed by atoms with E-state index >= 15 is 0 Å². The molecule has 0 unspecified atom stereocenters. The molecule has 2 N–H and O–H groups in total. The van der Waals surface area contributed by atoms with E-state index in [0.717, 1.165) is 5.56 Å². The van der Waals surface area contributed by atoms with E-state index in [9.17, 15) is 13.6 Å². The monoisotopic (exact) mass is 339 g/mol. The highest BCUT2D eigenvalue weighted by molar-refractivity contribution is 5.93. The summed E-state index contributed by atoms with van der Waals surface area (Å²) >= 11 is 0. The lowest BCUT2D eigenvalue weighted by atomic mass is 10.2. The van der Waals surface area contributed by atoms with Crippen molar-refractivity contribution in [3.63, 3.8) is 0 Å². The number of amides is 1. The van der Waals surface area contributed by atoms with Crippen molar-refractivity contribution in [1.82, 2.24) is 10.3 Å². The summed E-state index contributed by atoms with van der Waals surface area (Å²) in [7, 11) is 0. The zero-order valence-corrected chi connectivity index (χ0v) is 13.2. The van der Waals surface area contributed by atoms with Gasteiger partial charge in [-0.3, -0.25) is 9.78 Å². The summed E-state index contributed by atoms with van der Waals surface area (Å²) in [6.45, 7) is 0.256. The SMILES string of the molecule is O=C(NCc1ccc(F)cc1)c1cc(Nc2ccccc2F)ccn1. The van der Waals surface area contributed by atoms with Crippen LogP contribution in [0.1, 0.15) is 16.1 Å². The van der Waals surface area contributed by atoms with Crippen LogP contribution in [-0.4, -0.2) is 10.9 Å². The molecule has 4 nitrogen and oxygen atoms in total. The lowest BCUT2D eigenvalue weighted by Gasteiger charge is -2.09. The van der Waals surface area contributed by atoms with Gasteiger partial charge in [0.15, 0.2) is 0 Å². The second-order valence-electron chi connectivity index (χ2n) is 5.34. The van der Waals surface area contributed by atoms with E-state index in [1.54, 1.807) is 36.4 Å². The number of hydrogen-bond acceptors (Lipinski definition) is 3. The highest BCUT2D eigenvalue weighted by atomic mass is 19.1. The van der Waals surface area contributed by atoms with Crippen LogP contribution >= 0.6 is 0 Å². The Labute approximate surface area is 143 Å². The van der Waals surface area contributed by atoms with E-state index in [1.807, 2.05) is 0 Å². The summed E-state index contributed by atoms with van der Waals surface area (Å²) in [6.07, 6.45) is 1.47. The van der Waals surface area contributed by atoms with Crippen LogP contribution in [0.15, 0.2) is 66.9 Å². The lowest BCUT2D eigenvalue weighted by molar-refractivity contribution is 0.0946. The summed E-state index contributed by atoms with van der Waals surface area (Å²) in [5.74, 6) is -1.09. The van der Waals surface area contributed by atoms with Gasteiger partial charge in [0.1, 0.15) is 17.3 Å². The van der Waals surface area contributed by atoms with E-state index in [-0.39, 0.29) is 29.8 Å². The van der Waals surface area contributed by atoms with Crippen molar-refractivity contribution in [3.8, 4) is 0 Å². The molecule has 0 spiro atoms. The molecule has 2 aromatic carbocycles. The average molecular weight is 339 g/mol. The van der Waals surface area contributed by atoms with Crippen molar-refractivity contribution in [3.05, 3.63) is 89.8 Å². The smallest absolute Gasteiger partial charge is 0.270 e. The molecular weight excluding hydrogens is 324 g/mol. The first-order valence-corrected chi connectivity index (χ1v) is 7.62. The minimum absolute atomic E-state index is 0.198. The maximum atomic E-state index is 13.7. The fourth-order valence-electron chi connectivity index (χ4n) is 2.23. The van der Waals surface area contributed by atoms with Crippen LogP contribution in [0.2, 0.25) is 0 Å². The average Bonchev–Trinajstić information content (AvgIpc) is 2.63. The number of carbonyl (C=O) groups excluding carboxylic acids is 1. The highest BCUT2D eigenvalue weighted by Gasteiger charge is 2.09. The second-order valence-corrected chi connectivity index (χ2v) is 5.34. The van der Waals surface area contributed by atoms with Crippen molar-refractivity contribution >= 4 is 17.3 Å². The predicted molar refractivity (Wildman–Crippen MR) is 91.5 cm³/mol. The van der Waals surface area contributed by atoms with Gasteiger partial charge in [-0.1, -0.05) is 24.3 Å². The summed E-state index contributed by atoms with van der Waals surface area (Å²) in [4.78, 5) is 16.2. The first-order chi connectivity index (χ1) is 12.1. The maximum Gasteiger partial charge on any atom is 0.270 e. The van der Waals surface area contributed by atoms with E-state index in [2.05, 4.69) is 15.6 Å². The Kier molecular flexibility index (Phi) is 4.99. The second kappa shape index (κ2) is 7.53. The van der Waals surface area contributed by atoms with E-state index in [0.29, 0.717) is 11.4 Å². The van der Waals surface area contributed by atoms with Gasteiger partial charge in [0, 0.05) is 18.4 Å². The van der Waals surface area contributed by atoms with Crippen LogP contribution in [0.3, 0.4) is 0 Å². The van der Waals surface area contributed by atoms with Gasteiger partial charge in [0.2, 0.25) is 0 Å². The number of nitrogens with zero attached hydrogens (tertiary/aromatic N) is 1. The normalized spacial score (nSPS) is 10.3. The van der Waals surface area contributed by atoms with Crippen LogP contribution in [0.25, 0.3) is 0 Å². The summed E-state index contributed by atoms with van der Waals surface area (Å²) < 4.78 is 26.6. The molecule has 0 saturated heterocycles. The van der Waals surface area contributed by atoms with Crippen LogP contribution in [-0.2, 0) is 6.54 Å². The minimum Gasteiger partial charge on any atom is -0.353 e. The van der Waals surface area contributed by atoms with Gasteiger partial charge in [-0.05, 0) is 42.0 Å². The Morgan fingerprint density at radius 3 is 2.52 bits per heavy atom. The van der Waals surface area contributed by atoms with Crippen molar-refractivity contribution in [2.75, 3.05) is 5.32 Å². The Morgan fingerprint density at radius 2 is 1.76 bits per heavy atom. The molecule has 0 aliphatic rings. The summed E-state index contributed by atoms with van der Waals surface area (Å²) in [5, 5.41) is 5.62. The molecule has 0 bridgehead atoms. The number of nitrogens with one attached hydrogen (secondary N) is 2. The van der Waals surface area contributed by atoms with E-state index in [1.165, 1.54) is 30.5 Å². The van der Waals surface area contributed by atoms with Crippen LogP contribution in [0.5, 0.6) is 0 Å². The molecule has 0 aliphatic heterocycles. The molecule has 1 aromatic heterocycles. The maximum absolute atomic E-state index is 13.7. The number of aromatic nitrogens is 1. The minimum atomic E-state index is -0.387.